The van der Waals surface area contributed by atoms with Crippen LogP contribution in [0.1, 0.15) is 49.1 Å². The Morgan fingerprint density at radius 2 is 2.04 bits per heavy atom. The van der Waals surface area contributed by atoms with E-state index in [-0.39, 0.29) is 12.4 Å². The summed E-state index contributed by atoms with van der Waals surface area (Å²) in [4.78, 5) is 19.7. The average Bonchev–Trinajstić information content (AvgIpc) is 3.30. The summed E-state index contributed by atoms with van der Waals surface area (Å²) >= 11 is 0. The zero-order valence-electron chi connectivity index (χ0n) is 15.5. The van der Waals surface area contributed by atoms with Crippen LogP contribution in [0.25, 0.3) is 0 Å². The molecule has 1 saturated carbocycles. The van der Waals surface area contributed by atoms with Crippen molar-refractivity contribution in [2.75, 3.05) is 13.1 Å². The van der Waals surface area contributed by atoms with E-state index in [1.54, 1.807) is 6.82 Å². The number of benzene rings is 1. The van der Waals surface area contributed by atoms with Crippen LogP contribution in [0.3, 0.4) is 0 Å². The van der Waals surface area contributed by atoms with Crippen LogP contribution in [-0.2, 0) is 19.2 Å². The summed E-state index contributed by atoms with van der Waals surface area (Å²) in [5, 5.41) is 2.90. The quantitative estimate of drug-likeness (QED) is 0.351. The fraction of sp³-hybridized carbons (Fsp3) is 0.611. The maximum absolute atomic E-state index is 11.3. The fourth-order valence-electron chi connectivity index (χ4n) is 3.16. The molecule has 1 atom stereocenters. The van der Waals surface area contributed by atoms with E-state index >= 15 is 0 Å². The molecule has 2 aliphatic rings. The van der Waals surface area contributed by atoms with Crippen LogP contribution in [-0.4, -0.2) is 39.7 Å². The minimum absolute atomic E-state index is 0.00958. The van der Waals surface area contributed by atoms with Crippen LogP contribution < -0.4 is 10.1 Å². The normalized spacial score (nSPS) is 19.3. The van der Waals surface area contributed by atoms with E-state index in [1.165, 1.54) is 44.3 Å². The van der Waals surface area contributed by atoms with Crippen LogP contribution in [0, 0.1) is 6.92 Å². The summed E-state index contributed by atoms with van der Waals surface area (Å²) in [5.74, 6) is 1.46. The molecule has 0 bridgehead atoms. The predicted octanol–water partition coefficient (Wildman–Crippen LogP) is 2.53. The second-order valence-corrected chi connectivity index (χ2v) is 6.54. The van der Waals surface area contributed by atoms with Gasteiger partial charge in [0.1, 0.15) is 5.75 Å². The zero-order chi connectivity index (χ0) is 18.8. The van der Waals surface area contributed by atoms with Gasteiger partial charge in [0.2, 0.25) is 5.91 Å². The second-order valence-electron chi connectivity index (χ2n) is 6.54. The molecule has 1 N–H and O–H groups in total. The van der Waals surface area contributed by atoms with Gasteiger partial charge in [0, 0.05) is 18.9 Å². The van der Waals surface area contributed by atoms with Gasteiger partial charge in [-0.15, -0.1) is 0 Å². The molecule has 0 aromatic heterocycles. The summed E-state index contributed by atoms with van der Waals surface area (Å²) in [6, 6.07) is 6.38. The number of carbonyl (C=O) groups excluding carboxylic acids is 1. The van der Waals surface area contributed by atoms with Crippen molar-refractivity contribution in [2.24, 2.45) is 0 Å². The van der Waals surface area contributed by atoms with Crippen molar-refractivity contribution in [1.29, 1.82) is 0 Å². The van der Waals surface area contributed by atoms with Crippen LogP contribution >= 0.6 is 0 Å². The Morgan fingerprint density at radius 3 is 2.65 bits per heavy atom. The Labute approximate surface area is 156 Å². The van der Waals surface area contributed by atoms with Crippen molar-refractivity contribution in [3.8, 4) is 5.75 Å². The minimum Gasteiger partial charge on any atom is -0.490 e. The van der Waals surface area contributed by atoms with Gasteiger partial charge in [-0.05, 0) is 49.8 Å². The smallest absolute Gasteiger partial charge is 0.220 e. The summed E-state index contributed by atoms with van der Waals surface area (Å²) in [6.07, 6.45) is 5.90. The molecule has 1 radical (unpaired) electrons. The maximum Gasteiger partial charge on any atom is 0.220 e. The number of hydrogen-bond donors (Lipinski definition) is 1. The number of rotatable bonds is 7. The topological polar surface area (TPSA) is 73.9 Å². The van der Waals surface area contributed by atoms with E-state index in [0.29, 0.717) is 25.6 Å². The van der Waals surface area contributed by atoms with Gasteiger partial charge in [0.25, 0.3) is 0 Å². The van der Waals surface area contributed by atoms with Gasteiger partial charge in [0.15, 0.2) is 0 Å². The van der Waals surface area contributed by atoms with E-state index < -0.39 is 0 Å². The van der Waals surface area contributed by atoms with Gasteiger partial charge in [-0.2, -0.15) is 0 Å². The molecule has 1 heterocycles. The van der Waals surface area contributed by atoms with Crippen molar-refractivity contribution in [2.45, 2.75) is 57.9 Å². The van der Waals surface area contributed by atoms with Gasteiger partial charge in [-0.3, -0.25) is 4.79 Å². The molecule has 3 rings (SSSR count). The molecule has 1 aliphatic heterocycles. The van der Waals surface area contributed by atoms with Crippen molar-refractivity contribution < 1.29 is 23.9 Å². The Bertz CT molecular complexity index is 593. The molecule has 1 aromatic rings. The molecule has 1 amide bonds. The van der Waals surface area contributed by atoms with E-state index in [2.05, 4.69) is 40.1 Å². The maximum atomic E-state index is 11.3. The Balaban J connectivity index is 0.000000298. The molecule has 1 aromatic carbocycles. The molecule has 26 heavy (non-hydrogen) atoms. The third-order valence-electron chi connectivity index (χ3n) is 4.56. The van der Waals surface area contributed by atoms with Crippen molar-refractivity contribution >= 4 is 20.5 Å². The first kappa shape index (κ1) is 20.6. The number of hydrogen-bond acceptors (Lipinski definition) is 5. The van der Waals surface area contributed by atoms with Gasteiger partial charge >= 0.3 is 42.4 Å². The van der Waals surface area contributed by atoms with Crippen LogP contribution in [0.2, 0.25) is 6.82 Å². The molecular weight excluding hydrogens is 332 g/mol. The van der Waals surface area contributed by atoms with Crippen molar-refractivity contribution in [1.82, 2.24) is 5.32 Å². The number of amides is 1. The van der Waals surface area contributed by atoms with E-state index in [9.17, 15) is 9.50 Å². The monoisotopic (exact) mass is 358 g/mol. The average molecular weight is 358 g/mol. The SMILES string of the molecule is C[B]OOCB=O.Cc1ccc(C2CNC(=O)C2)cc1OC1CCCC1. The Kier molecular flexibility index (Phi) is 8.85. The van der Waals surface area contributed by atoms with Crippen LogP contribution in [0.5, 0.6) is 5.75 Å². The third-order valence-corrected chi connectivity index (χ3v) is 4.56. The fourth-order valence-corrected chi connectivity index (χ4v) is 3.16. The summed E-state index contributed by atoms with van der Waals surface area (Å²) in [5.41, 5.74) is 2.41. The zero-order valence-corrected chi connectivity index (χ0v) is 15.5. The Hall–Kier alpha value is -1.66. The van der Waals surface area contributed by atoms with Gasteiger partial charge in [-0.25, -0.2) is 0 Å². The standard InChI is InChI=1S/C16H21NO2.C2H5B2O3/c1-11-6-7-12(13-9-16(18)17-10-13)8-15(11)19-14-4-2-3-5-14;1-3-7-6-2-4-5/h6-8,13-14H,2-5,9-10H2,1H3,(H,17,18);2H2,1H3. The molecule has 1 aliphatic carbocycles. The first-order chi connectivity index (χ1) is 12.6. The van der Waals surface area contributed by atoms with Gasteiger partial charge in [0.05, 0.1) is 6.10 Å². The minimum atomic E-state index is -0.00958. The van der Waals surface area contributed by atoms with E-state index in [0.717, 1.165) is 12.3 Å². The van der Waals surface area contributed by atoms with Crippen LogP contribution in [0.4, 0.5) is 0 Å². The second kappa shape index (κ2) is 11.1. The molecule has 8 heteroatoms. The summed E-state index contributed by atoms with van der Waals surface area (Å²) in [6.45, 7) is 4.49. The first-order valence-corrected chi connectivity index (χ1v) is 9.17. The molecule has 6 nitrogen and oxygen atoms in total. The summed E-state index contributed by atoms with van der Waals surface area (Å²) < 4.78 is 15.6. The van der Waals surface area contributed by atoms with E-state index in [1.807, 2.05) is 0 Å². The molecule has 1 unspecified atom stereocenters. The molecule has 0 spiro atoms. The van der Waals surface area contributed by atoms with Crippen molar-refractivity contribution in [3.63, 3.8) is 0 Å². The summed E-state index contributed by atoms with van der Waals surface area (Å²) in [7, 11) is 1.97. The van der Waals surface area contributed by atoms with Gasteiger partial charge in [-0.1, -0.05) is 12.1 Å². The molecular formula is C18H26B2NO5. The number of aryl methyl sites for hydroxylation is 1. The van der Waals surface area contributed by atoms with E-state index in [4.69, 9.17) is 4.74 Å². The van der Waals surface area contributed by atoms with Crippen LogP contribution in [0.15, 0.2) is 18.2 Å². The number of ether oxygens (including phenoxy) is 1. The third kappa shape index (κ3) is 6.57. The first-order valence-electron chi connectivity index (χ1n) is 9.17. The van der Waals surface area contributed by atoms with Gasteiger partial charge < -0.3 is 10.1 Å². The molecule has 139 valence electrons. The van der Waals surface area contributed by atoms with Crippen molar-refractivity contribution in [3.05, 3.63) is 29.3 Å². The number of nitrogens with one attached hydrogen (secondary N) is 1. The largest absolute Gasteiger partial charge is 0.490 e. The molecule has 2 fully saturated rings. The Morgan fingerprint density at radius 1 is 1.27 bits per heavy atom. The molecule has 1 saturated heterocycles. The predicted molar refractivity (Wildman–Crippen MR) is 99.5 cm³/mol. The number of carbonyl (C=O) groups is 1.